The second-order valence-corrected chi connectivity index (χ2v) is 5.47. The molecule has 0 saturated heterocycles. The monoisotopic (exact) mass is 283 g/mol. The molecule has 0 aromatic carbocycles. The number of nitrogens with zero attached hydrogens (tertiary/aromatic N) is 1. The molecule has 0 saturated carbocycles. The zero-order valence-electron chi connectivity index (χ0n) is 9.26. The van der Waals surface area contributed by atoms with Gasteiger partial charge in [0.2, 0.25) is 0 Å². The SMILES string of the molecule is Cc1cnc(NC(=O)Nc2sccc2C(=O)O)s1. The molecule has 0 radical (unpaired) electrons. The van der Waals surface area contributed by atoms with Crippen molar-refractivity contribution in [1.82, 2.24) is 4.98 Å². The maximum Gasteiger partial charge on any atom is 0.338 e. The van der Waals surface area contributed by atoms with Gasteiger partial charge in [-0.25, -0.2) is 14.6 Å². The Morgan fingerprint density at radius 1 is 1.39 bits per heavy atom. The normalized spacial score (nSPS) is 10.1. The van der Waals surface area contributed by atoms with Gasteiger partial charge < -0.3 is 5.11 Å². The predicted octanol–water partition coefficient (Wildman–Crippen LogP) is 2.86. The number of carbonyl (C=O) groups excluding carboxylic acids is 1. The van der Waals surface area contributed by atoms with Crippen molar-refractivity contribution in [2.75, 3.05) is 10.6 Å². The lowest BCUT2D eigenvalue weighted by Gasteiger charge is -2.03. The summed E-state index contributed by atoms with van der Waals surface area (Å²) >= 11 is 2.50. The van der Waals surface area contributed by atoms with E-state index in [0.29, 0.717) is 10.1 Å². The van der Waals surface area contributed by atoms with E-state index in [2.05, 4.69) is 15.6 Å². The summed E-state index contributed by atoms with van der Waals surface area (Å²) in [7, 11) is 0. The van der Waals surface area contributed by atoms with Gasteiger partial charge in [-0.1, -0.05) is 0 Å². The second-order valence-electron chi connectivity index (χ2n) is 3.32. The fourth-order valence-electron chi connectivity index (χ4n) is 1.22. The lowest BCUT2D eigenvalue weighted by atomic mass is 10.3. The Kier molecular flexibility index (Phi) is 3.58. The van der Waals surface area contributed by atoms with Gasteiger partial charge in [-0.3, -0.25) is 10.6 Å². The molecule has 2 aromatic heterocycles. The molecule has 0 unspecified atom stereocenters. The number of aromatic carboxylic acids is 1. The number of aromatic nitrogens is 1. The average molecular weight is 283 g/mol. The first-order valence-corrected chi connectivity index (χ1v) is 6.57. The standard InChI is InChI=1S/C10H9N3O3S2/c1-5-4-11-10(18-5)13-9(16)12-7-6(8(14)15)2-3-17-7/h2-4H,1H3,(H,14,15)(H2,11,12,13,16). The quantitative estimate of drug-likeness (QED) is 0.807. The third kappa shape index (κ3) is 2.84. The zero-order valence-corrected chi connectivity index (χ0v) is 10.9. The number of carboxylic acid groups (broad SMARTS) is 1. The van der Waals surface area contributed by atoms with Gasteiger partial charge >= 0.3 is 12.0 Å². The Morgan fingerprint density at radius 3 is 2.78 bits per heavy atom. The summed E-state index contributed by atoms with van der Waals surface area (Å²) in [4.78, 5) is 27.4. The van der Waals surface area contributed by atoms with Crippen molar-refractivity contribution < 1.29 is 14.7 Å². The summed E-state index contributed by atoms with van der Waals surface area (Å²) in [6.07, 6.45) is 1.65. The molecule has 2 heterocycles. The van der Waals surface area contributed by atoms with Crippen LogP contribution in [0.4, 0.5) is 14.9 Å². The number of hydrogen-bond acceptors (Lipinski definition) is 5. The Balaban J connectivity index is 2.03. The summed E-state index contributed by atoms with van der Waals surface area (Å²) in [6.45, 7) is 1.88. The highest BCUT2D eigenvalue weighted by Crippen LogP contribution is 2.23. The lowest BCUT2D eigenvalue weighted by Crippen LogP contribution is -2.19. The van der Waals surface area contributed by atoms with Crippen molar-refractivity contribution in [2.24, 2.45) is 0 Å². The van der Waals surface area contributed by atoms with E-state index in [-0.39, 0.29) is 5.56 Å². The van der Waals surface area contributed by atoms with Crippen LogP contribution >= 0.6 is 22.7 Å². The van der Waals surface area contributed by atoms with Crippen molar-refractivity contribution >= 4 is 44.8 Å². The summed E-state index contributed by atoms with van der Waals surface area (Å²) in [5.74, 6) is -1.07. The van der Waals surface area contributed by atoms with E-state index in [1.165, 1.54) is 17.4 Å². The molecule has 18 heavy (non-hydrogen) atoms. The molecule has 6 nitrogen and oxygen atoms in total. The molecule has 94 valence electrons. The molecule has 0 spiro atoms. The van der Waals surface area contributed by atoms with E-state index in [0.717, 1.165) is 16.2 Å². The minimum absolute atomic E-state index is 0.0745. The number of amides is 2. The first kappa shape index (κ1) is 12.5. The molecular formula is C10H9N3O3S2. The molecule has 2 amide bonds. The Bertz CT molecular complexity index is 591. The number of rotatable bonds is 3. The van der Waals surface area contributed by atoms with Crippen molar-refractivity contribution in [1.29, 1.82) is 0 Å². The zero-order chi connectivity index (χ0) is 13.1. The number of urea groups is 1. The summed E-state index contributed by atoms with van der Waals surface area (Å²) in [5, 5.41) is 16.3. The maximum atomic E-state index is 11.6. The Hall–Kier alpha value is -1.93. The van der Waals surface area contributed by atoms with E-state index in [9.17, 15) is 9.59 Å². The first-order valence-electron chi connectivity index (χ1n) is 4.87. The Labute approximate surface area is 110 Å². The average Bonchev–Trinajstić information content (AvgIpc) is 2.87. The van der Waals surface area contributed by atoms with E-state index in [1.54, 1.807) is 11.6 Å². The van der Waals surface area contributed by atoms with Gasteiger partial charge in [0.1, 0.15) is 5.00 Å². The number of thiazole rings is 1. The lowest BCUT2D eigenvalue weighted by molar-refractivity contribution is 0.0698. The van der Waals surface area contributed by atoms with Crippen LogP contribution in [0.5, 0.6) is 0 Å². The topological polar surface area (TPSA) is 91.3 Å². The molecule has 0 aliphatic rings. The minimum Gasteiger partial charge on any atom is -0.478 e. The van der Waals surface area contributed by atoms with Gasteiger partial charge in [0.05, 0.1) is 5.56 Å². The van der Waals surface area contributed by atoms with Crippen molar-refractivity contribution in [3.63, 3.8) is 0 Å². The van der Waals surface area contributed by atoms with Gasteiger partial charge in [-0.2, -0.15) is 0 Å². The number of carboxylic acids is 1. The largest absolute Gasteiger partial charge is 0.478 e. The molecule has 0 atom stereocenters. The second kappa shape index (κ2) is 5.15. The molecule has 8 heteroatoms. The predicted molar refractivity (Wildman–Crippen MR) is 70.8 cm³/mol. The first-order chi connectivity index (χ1) is 8.56. The highest BCUT2D eigenvalue weighted by atomic mass is 32.1. The van der Waals surface area contributed by atoms with Crippen LogP contribution in [0, 0.1) is 6.92 Å². The van der Waals surface area contributed by atoms with Crippen LogP contribution in [0.3, 0.4) is 0 Å². The van der Waals surface area contributed by atoms with E-state index in [4.69, 9.17) is 5.11 Å². The van der Waals surface area contributed by atoms with Crippen LogP contribution in [0.25, 0.3) is 0 Å². The smallest absolute Gasteiger partial charge is 0.338 e. The summed E-state index contributed by atoms with van der Waals surface area (Å²) in [5.41, 5.74) is 0.0745. The van der Waals surface area contributed by atoms with Crippen LogP contribution < -0.4 is 10.6 Å². The number of thiophene rings is 1. The van der Waals surface area contributed by atoms with Gasteiger partial charge in [0.15, 0.2) is 5.13 Å². The van der Waals surface area contributed by atoms with Crippen LogP contribution in [0.2, 0.25) is 0 Å². The van der Waals surface area contributed by atoms with E-state index < -0.39 is 12.0 Å². The van der Waals surface area contributed by atoms with Gasteiger partial charge in [0, 0.05) is 11.1 Å². The third-order valence-corrected chi connectivity index (χ3v) is 3.62. The third-order valence-electron chi connectivity index (χ3n) is 1.96. The molecule has 0 aliphatic carbocycles. The van der Waals surface area contributed by atoms with Gasteiger partial charge in [0.25, 0.3) is 0 Å². The van der Waals surface area contributed by atoms with Crippen LogP contribution in [-0.4, -0.2) is 22.1 Å². The van der Waals surface area contributed by atoms with Gasteiger partial charge in [-0.15, -0.1) is 22.7 Å². The summed E-state index contributed by atoms with van der Waals surface area (Å²) in [6, 6.07) is 0.935. The molecule has 0 aliphatic heterocycles. The highest BCUT2D eigenvalue weighted by molar-refractivity contribution is 7.16. The van der Waals surface area contributed by atoms with Crippen molar-refractivity contribution in [3.8, 4) is 0 Å². The number of hydrogen-bond donors (Lipinski definition) is 3. The maximum absolute atomic E-state index is 11.6. The minimum atomic E-state index is -1.07. The number of aryl methyl sites for hydroxylation is 1. The molecule has 3 N–H and O–H groups in total. The molecular weight excluding hydrogens is 274 g/mol. The van der Waals surface area contributed by atoms with Crippen LogP contribution in [-0.2, 0) is 0 Å². The Morgan fingerprint density at radius 2 is 2.17 bits per heavy atom. The van der Waals surface area contributed by atoms with Crippen LogP contribution in [0.1, 0.15) is 15.2 Å². The fraction of sp³-hybridized carbons (Fsp3) is 0.100. The number of anilines is 2. The van der Waals surface area contributed by atoms with E-state index in [1.807, 2.05) is 6.92 Å². The highest BCUT2D eigenvalue weighted by Gasteiger charge is 2.14. The molecule has 2 aromatic rings. The van der Waals surface area contributed by atoms with Crippen LogP contribution in [0.15, 0.2) is 17.6 Å². The van der Waals surface area contributed by atoms with E-state index >= 15 is 0 Å². The molecule has 0 bridgehead atoms. The van der Waals surface area contributed by atoms with Crippen molar-refractivity contribution in [2.45, 2.75) is 6.92 Å². The number of carbonyl (C=O) groups is 2. The molecule has 2 rings (SSSR count). The van der Waals surface area contributed by atoms with Crippen molar-refractivity contribution in [3.05, 3.63) is 28.1 Å². The molecule has 0 fully saturated rings. The summed E-state index contributed by atoms with van der Waals surface area (Å²) < 4.78 is 0. The number of nitrogens with one attached hydrogen (secondary N) is 2. The van der Waals surface area contributed by atoms with Gasteiger partial charge in [-0.05, 0) is 18.4 Å². The fourth-order valence-corrected chi connectivity index (χ4v) is 2.65.